The number of aryl methyl sites for hydroxylation is 2. The van der Waals surface area contributed by atoms with Crippen molar-refractivity contribution in [2.45, 2.75) is 72.3 Å². The number of rotatable bonds is 6. The third kappa shape index (κ3) is 6.54. The average molecular weight is 891 g/mol. The Bertz CT molecular complexity index is 3230. The van der Waals surface area contributed by atoms with Crippen LogP contribution in [0.4, 0.5) is 34.1 Å². The predicted octanol–water partition coefficient (Wildman–Crippen LogP) is 17.8. The smallest absolute Gasteiger partial charge is 0.0930 e. The summed E-state index contributed by atoms with van der Waals surface area (Å²) in [7, 11) is -2.40. The van der Waals surface area contributed by atoms with Gasteiger partial charge in [0.1, 0.15) is 0 Å². The lowest BCUT2D eigenvalue weighted by atomic mass is 9.96. The Morgan fingerprint density at radius 3 is 1.38 bits per heavy atom. The number of allylic oxidation sites excluding steroid dienone is 2. The minimum atomic E-state index is -2.40. The van der Waals surface area contributed by atoms with E-state index >= 15 is 0 Å². The summed E-state index contributed by atoms with van der Waals surface area (Å²) in [5.41, 5.74) is 24.1. The Kier molecular flexibility index (Phi) is 9.57. The van der Waals surface area contributed by atoms with Crippen molar-refractivity contribution < 1.29 is 0 Å². The van der Waals surface area contributed by atoms with E-state index in [-0.39, 0.29) is 5.54 Å². The van der Waals surface area contributed by atoms with Crippen LogP contribution in [0.15, 0.2) is 201 Å². The lowest BCUT2D eigenvalue weighted by Crippen LogP contribution is -2.37. The number of para-hydroxylation sites is 4. The van der Waals surface area contributed by atoms with Crippen molar-refractivity contribution in [2.75, 3.05) is 9.80 Å². The van der Waals surface area contributed by atoms with Crippen LogP contribution in [0, 0.1) is 13.8 Å². The molecule has 8 aromatic rings. The van der Waals surface area contributed by atoms with E-state index < -0.39 is 8.07 Å². The Morgan fingerprint density at radius 2 is 0.892 bits per heavy atom. The highest BCUT2D eigenvalue weighted by Gasteiger charge is 2.46. The molecule has 0 fully saturated rings. The molecule has 2 nitrogen and oxygen atoms in total. The molecule has 2 aliphatic heterocycles. The van der Waals surface area contributed by atoms with Crippen LogP contribution in [0.1, 0.15) is 52.8 Å². The van der Waals surface area contributed by atoms with Crippen molar-refractivity contribution in [2.24, 2.45) is 0 Å². The highest BCUT2D eigenvalue weighted by Crippen LogP contribution is 2.59. The fourth-order valence-corrected chi connectivity index (χ4v) is 18.1. The minimum absolute atomic E-state index is 0.279. The molecule has 5 heteroatoms. The van der Waals surface area contributed by atoms with Crippen molar-refractivity contribution in [3.63, 3.8) is 0 Å². The van der Waals surface area contributed by atoms with Crippen molar-refractivity contribution >= 4 is 77.0 Å². The molecule has 65 heavy (non-hydrogen) atoms. The van der Waals surface area contributed by atoms with Crippen LogP contribution in [0.3, 0.4) is 0 Å². The molecule has 0 spiro atoms. The van der Waals surface area contributed by atoms with Crippen LogP contribution in [0.25, 0.3) is 33.5 Å². The second kappa shape index (κ2) is 15.4. The molecule has 0 N–H and O–H groups in total. The van der Waals surface area contributed by atoms with Gasteiger partial charge in [0.15, 0.2) is 0 Å². The van der Waals surface area contributed by atoms with Gasteiger partial charge in [0, 0.05) is 30.7 Å². The minimum Gasteiger partial charge on any atom is -0.308 e. The maximum atomic E-state index is 2.67. The SMILES string of the molecule is CC1=Cc2c(cc(-c3ccc(C)cc3)cc2N2c3ccccc3Sc3ccccc32)C1[Si](C)(C)C1=C(C)Cc2c1cc(-c1ccc(C)cc1)cc2N1c2ccccc2Sc2ccccc21. The summed E-state index contributed by atoms with van der Waals surface area (Å²) >= 11 is 3.76. The lowest BCUT2D eigenvalue weighted by Gasteiger charge is -2.37. The highest BCUT2D eigenvalue weighted by atomic mass is 32.2. The first kappa shape index (κ1) is 40.3. The van der Waals surface area contributed by atoms with Gasteiger partial charge >= 0.3 is 0 Å². The molecule has 0 amide bonds. The second-order valence-corrected chi connectivity index (χ2v) is 25.6. The van der Waals surface area contributed by atoms with Gasteiger partial charge in [-0.2, -0.15) is 0 Å². The van der Waals surface area contributed by atoms with Crippen LogP contribution in [0.2, 0.25) is 13.1 Å². The lowest BCUT2D eigenvalue weighted by molar-refractivity contribution is 1.08. The molecule has 0 bridgehead atoms. The zero-order valence-electron chi connectivity index (χ0n) is 37.7. The first-order valence-corrected chi connectivity index (χ1v) is 27.5. The number of fused-ring (bicyclic) bond motifs is 6. The van der Waals surface area contributed by atoms with Gasteiger partial charge < -0.3 is 9.80 Å². The van der Waals surface area contributed by atoms with E-state index in [0.717, 1.165) is 6.42 Å². The zero-order chi connectivity index (χ0) is 44.1. The predicted molar refractivity (Wildman–Crippen MR) is 281 cm³/mol. The molecule has 1 atom stereocenters. The van der Waals surface area contributed by atoms with Crippen LogP contribution in [0.5, 0.6) is 0 Å². The van der Waals surface area contributed by atoms with Gasteiger partial charge in [-0.1, -0.05) is 173 Å². The largest absolute Gasteiger partial charge is 0.308 e. The van der Waals surface area contributed by atoms with E-state index in [2.05, 4.69) is 227 Å². The summed E-state index contributed by atoms with van der Waals surface area (Å²) < 4.78 is 0. The highest BCUT2D eigenvalue weighted by molar-refractivity contribution is 8.00. The fraction of sp³-hybridized carbons (Fsp3) is 0.133. The first-order chi connectivity index (χ1) is 31.6. The number of benzene rings is 8. The molecular weight excluding hydrogens is 841 g/mol. The van der Waals surface area contributed by atoms with Crippen LogP contribution in [-0.2, 0) is 6.42 Å². The quantitative estimate of drug-likeness (QED) is 0.153. The summed E-state index contributed by atoms with van der Waals surface area (Å²) in [4.78, 5) is 10.3. The number of nitrogens with zero attached hydrogens (tertiary/aromatic N) is 2. The van der Waals surface area contributed by atoms with Crippen LogP contribution < -0.4 is 9.80 Å². The molecule has 2 aliphatic carbocycles. The van der Waals surface area contributed by atoms with E-state index in [1.165, 1.54) is 120 Å². The topological polar surface area (TPSA) is 6.48 Å². The standard InChI is InChI=1S/C60H50N2S2Si/c1-37-23-27-41(28-24-37)43-33-47-45(53(35-43)61-49-15-7-11-19-55(49)63-56-20-12-8-16-50(56)61)31-39(3)59(47)65(5,6)60-40(4)32-46-48(60)34-44(42-29-25-38(2)26-30-42)36-54(46)62-51-17-9-13-21-57(51)64-58-22-14-10-18-52(58)62/h7-31,33-36,59H,32H2,1-6H3. The van der Waals surface area contributed by atoms with Crippen molar-refractivity contribution in [3.8, 4) is 22.3 Å². The Labute approximate surface area is 393 Å². The third-order valence-corrected chi connectivity index (χ3v) is 20.6. The molecule has 0 radical (unpaired) electrons. The van der Waals surface area contributed by atoms with E-state index in [9.17, 15) is 0 Å². The molecular formula is C60H50N2S2Si. The molecule has 2 heterocycles. The first-order valence-electron chi connectivity index (χ1n) is 22.8. The van der Waals surface area contributed by atoms with Gasteiger partial charge in [0.05, 0.1) is 42.2 Å². The monoisotopic (exact) mass is 890 g/mol. The van der Waals surface area contributed by atoms with Gasteiger partial charge in [-0.25, -0.2) is 0 Å². The van der Waals surface area contributed by atoms with E-state index in [1.807, 2.05) is 23.5 Å². The van der Waals surface area contributed by atoms with Gasteiger partial charge in [-0.3, -0.25) is 0 Å². The summed E-state index contributed by atoms with van der Waals surface area (Å²) in [6.45, 7) is 14.6. The van der Waals surface area contributed by atoms with E-state index in [1.54, 1.807) is 5.20 Å². The molecule has 4 aliphatic rings. The molecule has 0 saturated heterocycles. The van der Waals surface area contributed by atoms with Crippen molar-refractivity contribution in [1.82, 2.24) is 0 Å². The molecule has 12 rings (SSSR count). The number of anilines is 6. The normalized spacial score (nSPS) is 15.8. The molecule has 0 aromatic heterocycles. The fourth-order valence-electron chi connectivity index (χ4n) is 11.4. The van der Waals surface area contributed by atoms with Crippen LogP contribution >= 0.6 is 23.5 Å². The molecule has 1 unspecified atom stereocenters. The van der Waals surface area contributed by atoms with Gasteiger partial charge in [-0.15, -0.1) is 0 Å². The number of hydrogen-bond acceptors (Lipinski definition) is 4. The Balaban J connectivity index is 1.07. The third-order valence-electron chi connectivity index (χ3n) is 14.2. The Hall–Kier alpha value is -6.24. The molecule has 8 aromatic carbocycles. The van der Waals surface area contributed by atoms with Gasteiger partial charge in [-0.05, 0) is 140 Å². The molecule has 0 saturated carbocycles. The summed E-state index contributed by atoms with van der Waals surface area (Å²) in [5, 5.41) is 1.61. The number of hydrogen-bond donors (Lipinski definition) is 0. The maximum absolute atomic E-state index is 2.67. The van der Waals surface area contributed by atoms with E-state index in [4.69, 9.17) is 0 Å². The average Bonchev–Trinajstić information content (AvgIpc) is 3.86. The van der Waals surface area contributed by atoms with E-state index in [0.29, 0.717) is 0 Å². The Morgan fingerprint density at radius 1 is 0.462 bits per heavy atom. The van der Waals surface area contributed by atoms with Gasteiger partial charge in [0.25, 0.3) is 0 Å². The van der Waals surface area contributed by atoms with Crippen molar-refractivity contribution in [3.05, 3.63) is 214 Å². The van der Waals surface area contributed by atoms with Crippen molar-refractivity contribution in [1.29, 1.82) is 0 Å². The van der Waals surface area contributed by atoms with Gasteiger partial charge in [0.2, 0.25) is 0 Å². The summed E-state index contributed by atoms with van der Waals surface area (Å²) in [6, 6.07) is 64.2. The summed E-state index contributed by atoms with van der Waals surface area (Å²) in [6.07, 6.45) is 3.49. The summed E-state index contributed by atoms with van der Waals surface area (Å²) in [5.74, 6) is 0. The molecule has 316 valence electrons. The van der Waals surface area contributed by atoms with Crippen LogP contribution in [-0.4, -0.2) is 8.07 Å². The maximum Gasteiger partial charge on any atom is 0.0930 e. The second-order valence-electron chi connectivity index (χ2n) is 18.9. The zero-order valence-corrected chi connectivity index (χ0v) is 40.4.